The SMILES string of the molecule is c1ccc(C[C@@H]2COC3(CCNCC3)C2)cc1. The predicted octanol–water partition coefficient (Wildman–Crippen LogP) is 2.39. The van der Waals surface area contributed by atoms with Gasteiger partial charge < -0.3 is 10.1 Å². The molecule has 0 saturated carbocycles. The third-order valence-electron chi connectivity index (χ3n) is 4.17. The highest BCUT2D eigenvalue weighted by molar-refractivity contribution is 5.15. The van der Waals surface area contributed by atoms with Crippen LogP contribution in [0.2, 0.25) is 0 Å². The van der Waals surface area contributed by atoms with Crippen LogP contribution in [-0.2, 0) is 11.2 Å². The van der Waals surface area contributed by atoms with Gasteiger partial charge in [-0.05, 0) is 50.3 Å². The Kier molecular flexibility index (Phi) is 3.17. The minimum Gasteiger partial charge on any atom is -0.375 e. The Morgan fingerprint density at radius 1 is 1.18 bits per heavy atom. The average Bonchev–Trinajstić information content (AvgIpc) is 2.74. The van der Waals surface area contributed by atoms with E-state index in [4.69, 9.17) is 4.74 Å². The summed E-state index contributed by atoms with van der Waals surface area (Å²) >= 11 is 0. The Morgan fingerprint density at radius 2 is 1.94 bits per heavy atom. The summed E-state index contributed by atoms with van der Waals surface area (Å²) in [6.45, 7) is 3.20. The van der Waals surface area contributed by atoms with Gasteiger partial charge in [0, 0.05) is 0 Å². The van der Waals surface area contributed by atoms with Crippen molar-refractivity contribution in [3.63, 3.8) is 0 Å². The Morgan fingerprint density at radius 3 is 2.71 bits per heavy atom. The fourth-order valence-corrected chi connectivity index (χ4v) is 3.25. The maximum atomic E-state index is 6.13. The molecule has 1 N–H and O–H groups in total. The van der Waals surface area contributed by atoms with Gasteiger partial charge in [0.1, 0.15) is 0 Å². The Hall–Kier alpha value is -0.860. The fraction of sp³-hybridized carbons (Fsp3) is 0.600. The maximum absolute atomic E-state index is 6.13. The molecule has 3 rings (SSSR count). The largest absolute Gasteiger partial charge is 0.375 e. The van der Waals surface area contributed by atoms with Crippen LogP contribution >= 0.6 is 0 Å². The summed E-state index contributed by atoms with van der Waals surface area (Å²) in [4.78, 5) is 0. The third kappa shape index (κ3) is 2.53. The monoisotopic (exact) mass is 231 g/mol. The molecule has 1 aromatic carbocycles. The van der Waals surface area contributed by atoms with Crippen LogP contribution in [0, 0.1) is 5.92 Å². The van der Waals surface area contributed by atoms with Crippen molar-refractivity contribution in [2.45, 2.75) is 31.3 Å². The molecule has 0 amide bonds. The van der Waals surface area contributed by atoms with Gasteiger partial charge in [0.15, 0.2) is 0 Å². The average molecular weight is 231 g/mol. The van der Waals surface area contributed by atoms with Crippen LogP contribution < -0.4 is 5.32 Å². The van der Waals surface area contributed by atoms with Gasteiger partial charge in [-0.15, -0.1) is 0 Å². The molecule has 0 aliphatic carbocycles. The molecule has 2 nitrogen and oxygen atoms in total. The molecule has 0 unspecified atom stereocenters. The van der Waals surface area contributed by atoms with Crippen molar-refractivity contribution in [2.24, 2.45) is 5.92 Å². The summed E-state index contributed by atoms with van der Waals surface area (Å²) in [5.74, 6) is 0.718. The van der Waals surface area contributed by atoms with Crippen molar-refractivity contribution in [2.75, 3.05) is 19.7 Å². The summed E-state index contributed by atoms with van der Waals surface area (Å²) in [6.07, 6.45) is 4.82. The molecular weight excluding hydrogens is 210 g/mol. The van der Waals surface area contributed by atoms with E-state index in [1.54, 1.807) is 0 Å². The molecule has 1 aromatic rings. The van der Waals surface area contributed by atoms with Gasteiger partial charge in [0.2, 0.25) is 0 Å². The molecule has 2 aliphatic heterocycles. The third-order valence-corrected chi connectivity index (χ3v) is 4.17. The Balaban J connectivity index is 1.60. The zero-order chi connectivity index (χ0) is 11.6. The molecule has 0 aromatic heterocycles. The predicted molar refractivity (Wildman–Crippen MR) is 69.0 cm³/mol. The second-order valence-corrected chi connectivity index (χ2v) is 5.50. The number of benzene rings is 1. The van der Waals surface area contributed by atoms with Crippen LogP contribution in [0.25, 0.3) is 0 Å². The highest BCUT2D eigenvalue weighted by atomic mass is 16.5. The first-order valence-electron chi connectivity index (χ1n) is 6.75. The molecular formula is C15H21NO. The van der Waals surface area contributed by atoms with Gasteiger partial charge in [-0.2, -0.15) is 0 Å². The number of ether oxygens (including phenoxy) is 1. The topological polar surface area (TPSA) is 21.3 Å². The number of nitrogens with one attached hydrogen (secondary N) is 1. The van der Waals surface area contributed by atoms with Crippen molar-refractivity contribution in [3.05, 3.63) is 35.9 Å². The first-order chi connectivity index (χ1) is 8.36. The first-order valence-corrected chi connectivity index (χ1v) is 6.75. The van der Waals surface area contributed by atoms with Gasteiger partial charge in [0.05, 0.1) is 12.2 Å². The number of hydrogen-bond donors (Lipinski definition) is 1. The van der Waals surface area contributed by atoms with Gasteiger partial charge in [-0.25, -0.2) is 0 Å². The van der Waals surface area contributed by atoms with Crippen molar-refractivity contribution >= 4 is 0 Å². The number of rotatable bonds is 2. The molecule has 0 bridgehead atoms. The smallest absolute Gasteiger partial charge is 0.0710 e. The van der Waals surface area contributed by atoms with E-state index < -0.39 is 0 Å². The van der Waals surface area contributed by atoms with Crippen molar-refractivity contribution in [1.82, 2.24) is 5.32 Å². The lowest BCUT2D eigenvalue weighted by Gasteiger charge is -2.33. The van der Waals surface area contributed by atoms with Crippen LogP contribution in [-0.4, -0.2) is 25.3 Å². The van der Waals surface area contributed by atoms with Crippen LogP contribution in [0.4, 0.5) is 0 Å². The number of hydrogen-bond acceptors (Lipinski definition) is 2. The zero-order valence-corrected chi connectivity index (χ0v) is 10.3. The molecule has 2 heterocycles. The molecule has 1 atom stereocenters. The number of piperidine rings is 1. The maximum Gasteiger partial charge on any atom is 0.0710 e. The summed E-state index contributed by atoms with van der Waals surface area (Å²) in [5.41, 5.74) is 1.66. The first kappa shape index (κ1) is 11.2. The molecule has 1 spiro atoms. The zero-order valence-electron chi connectivity index (χ0n) is 10.3. The summed E-state index contributed by atoms with van der Waals surface area (Å²) < 4.78 is 6.13. The lowest BCUT2D eigenvalue weighted by Crippen LogP contribution is -2.41. The molecule has 0 radical (unpaired) electrons. The molecule has 92 valence electrons. The fourth-order valence-electron chi connectivity index (χ4n) is 3.25. The van der Waals surface area contributed by atoms with E-state index in [0.29, 0.717) is 0 Å². The summed E-state index contributed by atoms with van der Waals surface area (Å²) in [7, 11) is 0. The minimum atomic E-state index is 0.213. The lowest BCUT2D eigenvalue weighted by molar-refractivity contribution is -0.0196. The standard InChI is InChI=1S/C15H21NO/c1-2-4-13(5-3-1)10-14-11-15(17-12-14)6-8-16-9-7-15/h1-5,14,16H,6-12H2/t14-/m0/s1. The van der Waals surface area contributed by atoms with Gasteiger partial charge in [-0.1, -0.05) is 30.3 Å². The molecule has 2 fully saturated rings. The van der Waals surface area contributed by atoms with E-state index in [-0.39, 0.29) is 5.60 Å². The normalized spacial score (nSPS) is 27.4. The van der Waals surface area contributed by atoms with Gasteiger partial charge in [-0.3, -0.25) is 0 Å². The Bertz CT molecular complexity index is 356. The molecule has 2 aliphatic rings. The highest BCUT2D eigenvalue weighted by Gasteiger charge is 2.40. The summed E-state index contributed by atoms with van der Waals surface area (Å²) in [5, 5.41) is 3.42. The van der Waals surface area contributed by atoms with Crippen LogP contribution in [0.1, 0.15) is 24.8 Å². The molecule has 17 heavy (non-hydrogen) atoms. The van der Waals surface area contributed by atoms with E-state index in [2.05, 4.69) is 35.6 Å². The molecule has 2 saturated heterocycles. The lowest BCUT2D eigenvalue weighted by atomic mass is 9.84. The van der Waals surface area contributed by atoms with Gasteiger partial charge >= 0.3 is 0 Å². The van der Waals surface area contributed by atoms with E-state index in [1.165, 1.54) is 31.2 Å². The van der Waals surface area contributed by atoms with Crippen LogP contribution in [0.3, 0.4) is 0 Å². The quantitative estimate of drug-likeness (QED) is 0.844. The Labute approximate surface area is 103 Å². The second-order valence-electron chi connectivity index (χ2n) is 5.50. The summed E-state index contributed by atoms with van der Waals surface area (Å²) in [6, 6.07) is 10.8. The molecule has 2 heteroatoms. The highest BCUT2D eigenvalue weighted by Crippen LogP contribution is 2.38. The minimum absolute atomic E-state index is 0.213. The van der Waals surface area contributed by atoms with E-state index >= 15 is 0 Å². The van der Waals surface area contributed by atoms with Crippen molar-refractivity contribution in [1.29, 1.82) is 0 Å². The van der Waals surface area contributed by atoms with E-state index in [9.17, 15) is 0 Å². The van der Waals surface area contributed by atoms with Gasteiger partial charge in [0.25, 0.3) is 0 Å². The van der Waals surface area contributed by atoms with E-state index in [0.717, 1.165) is 25.6 Å². The van der Waals surface area contributed by atoms with E-state index in [1.807, 2.05) is 0 Å². The second kappa shape index (κ2) is 4.79. The van der Waals surface area contributed by atoms with Crippen LogP contribution in [0.15, 0.2) is 30.3 Å². The van der Waals surface area contributed by atoms with Crippen LogP contribution in [0.5, 0.6) is 0 Å². The van der Waals surface area contributed by atoms with Crippen molar-refractivity contribution in [3.8, 4) is 0 Å². The van der Waals surface area contributed by atoms with Crippen molar-refractivity contribution < 1.29 is 4.74 Å².